The quantitative estimate of drug-likeness (QED) is 0.308. The highest BCUT2D eigenvalue weighted by molar-refractivity contribution is 8.93. The van der Waals surface area contributed by atoms with Crippen LogP contribution in [0.3, 0.4) is 0 Å². The topological polar surface area (TPSA) is 76.0 Å². The molecule has 0 aliphatic heterocycles. The summed E-state index contributed by atoms with van der Waals surface area (Å²) in [5.74, 6) is 0.117. The summed E-state index contributed by atoms with van der Waals surface area (Å²) in [5.41, 5.74) is 1.14. The number of aryl methyl sites for hydroxylation is 1. The number of anilines is 1. The van der Waals surface area contributed by atoms with Gasteiger partial charge in [-0.05, 0) is 62.8 Å². The van der Waals surface area contributed by atoms with Gasteiger partial charge in [-0.3, -0.25) is 9.59 Å². The third-order valence-corrected chi connectivity index (χ3v) is 7.05. The number of carbonyl (C=O) groups excluding carboxylic acids is 2. The lowest BCUT2D eigenvalue weighted by atomic mass is 9.83. The van der Waals surface area contributed by atoms with E-state index < -0.39 is 11.0 Å². The molecule has 1 heterocycles. The second kappa shape index (κ2) is 13.7. The number of hydrogen-bond donors (Lipinski definition) is 2. The minimum Gasteiger partial charge on any atom is -0.329 e. The third-order valence-electron chi connectivity index (χ3n) is 6.76. The van der Waals surface area contributed by atoms with E-state index in [1.54, 1.807) is 18.6 Å². The average molecular weight is 667 g/mol. The third kappa shape index (κ3) is 8.87. The average Bonchev–Trinajstić information content (AvgIpc) is 3.23. The fraction of sp³-hybridized carbons (Fsp3) is 0.593. The molecule has 1 aliphatic carbocycles. The van der Waals surface area contributed by atoms with Crippen LogP contribution >= 0.6 is 45.6 Å². The van der Waals surface area contributed by atoms with E-state index in [9.17, 15) is 14.0 Å². The number of nitrogens with one attached hydrogen (secondary N) is 2. The minimum absolute atomic E-state index is 0. The number of carbonyl (C=O) groups is 2. The van der Waals surface area contributed by atoms with Crippen molar-refractivity contribution in [1.82, 2.24) is 14.9 Å². The molecule has 1 aliphatic rings. The lowest BCUT2D eigenvalue weighted by molar-refractivity contribution is -0.128. The van der Waals surface area contributed by atoms with Crippen molar-refractivity contribution in [3.8, 4) is 0 Å². The number of benzene rings is 1. The molecule has 0 fully saturated rings. The summed E-state index contributed by atoms with van der Waals surface area (Å²) in [4.78, 5) is 30.1. The van der Waals surface area contributed by atoms with E-state index in [2.05, 4.69) is 15.6 Å². The highest BCUT2D eigenvalue weighted by atomic mass is 79.9. The normalized spacial score (nSPS) is 16.2. The molecule has 1 aromatic heterocycles. The van der Waals surface area contributed by atoms with Crippen molar-refractivity contribution in [2.24, 2.45) is 5.41 Å². The lowest BCUT2D eigenvalue weighted by Crippen LogP contribution is -2.47. The number of Topliss-reactive ketones (excluding diaryl/α,β-unsaturated/α-hetero) is 1. The van der Waals surface area contributed by atoms with Crippen LogP contribution in [0.1, 0.15) is 78.4 Å². The molecule has 0 bridgehead atoms. The summed E-state index contributed by atoms with van der Waals surface area (Å²) in [6.07, 6.45) is 7.62. The van der Waals surface area contributed by atoms with Gasteiger partial charge in [0, 0.05) is 29.6 Å². The first-order valence-corrected chi connectivity index (χ1v) is 12.8. The predicted molar refractivity (Wildman–Crippen MR) is 159 cm³/mol. The molecule has 2 unspecified atom stereocenters. The van der Waals surface area contributed by atoms with Crippen LogP contribution in [-0.4, -0.2) is 33.3 Å². The Balaban J connectivity index is 0.00000342. The zero-order valence-corrected chi connectivity index (χ0v) is 26.7. The maximum absolute atomic E-state index is 13.8. The largest absolute Gasteiger partial charge is 0.329 e. The highest BCUT2D eigenvalue weighted by Crippen LogP contribution is 2.29. The van der Waals surface area contributed by atoms with E-state index in [4.69, 9.17) is 11.6 Å². The Bertz CT molecular complexity index is 1080. The van der Waals surface area contributed by atoms with Gasteiger partial charge in [-0.15, -0.1) is 34.0 Å². The Morgan fingerprint density at radius 3 is 2.49 bits per heavy atom. The molecule has 3 rings (SSSR count). The summed E-state index contributed by atoms with van der Waals surface area (Å²) in [5, 5.41) is 6.58. The zero-order valence-electron chi connectivity index (χ0n) is 22.5. The van der Waals surface area contributed by atoms with Crippen LogP contribution in [0.25, 0.3) is 0 Å². The van der Waals surface area contributed by atoms with Crippen LogP contribution in [0.4, 0.5) is 10.2 Å². The molecular formula is C27H40Br2ClFN4O2. The predicted octanol–water partition coefficient (Wildman–Crippen LogP) is 6.83. The van der Waals surface area contributed by atoms with Gasteiger partial charge in [0.2, 0.25) is 5.91 Å². The highest BCUT2D eigenvalue weighted by Gasteiger charge is 2.31. The molecule has 37 heavy (non-hydrogen) atoms. The fourth-order valence-corrected chi connectivity index (χ4v) is 4.62. The molecule has 0 saturated carbocycles. The van der Waals surface area contributed by atoms with Crippen molar-refractivity contribution in [2.45, 2.75) is 97.7 Å². The molecule has 1 amide bonds. The second-order valence-corrected chi connectivity index (χ2v) is 11.7. The first-order chi connectivity index (χ1) is 16.3. The minimum atomic E-state index is -0.461. The van der Waals surface area contributed by atoms with Gasteiger partial charge in [0.1, 0.15) is 11.6 Å². The van der Waals surface area contributed by atoms with E-state index in [1.807, 2.05) is 46.1 Å². The van der Waals surface area contributed by atoms with Crippen LogP contribution in [0.15, 0.2) is 24.7 Å². The SMILES string of the molecule is Br.Br.CCCC(NC1CCc2cc(F)c(Cl)cc2C1)C(=O)Nc1cn(C(C)(C)CC(=O)C(C)(C)C)cn1. The van der Waals surface area contributed by atoms with Crippen LogP contribution in [0, 0.1) is 11.2 Å². The van der Waals surface area contributed by atoms with Crippen LogP contribution in [0.5, 0.6) is 0 Å². The van der Waals surface area contributed by atoms with Crippen molar-refractivity contribution in [3.63, 3.8) is 0 Å². The molecule has 1 aromatic carbocycles. The Morgan fingerprint density at radius 2 is 1.86 bits per heavy atom. The van der Waals surface area contributed by atoms with E-state index in [-0.39, 0.29) is 68.6 Å². The maximum atomic E-state index is 13.8. The van der Waals surface area contributed by atoms with Gasteiger partial charge < -0.3 is 15.2 Å². The van der Waals surface area contributed by atoms with Crippen LogP contribution in [0.2, 0.25) is 5.02 Å². The van der Waals surface area contributed by atoms with E-state index in [0.29, 0.717) is 25.1 Å². The van der Waals surface area contributed by atoms with Crippen molar-refractivity contribution >= 4 is 63.1 Å². The van der Waals surface area contributed by atoms with Gasteiger partial charge in [0.25, 0.3) is 0 Å². The number of fused-ring (bicyclic) bond motifs is 1. The number of aromatic nitrogens is 2. The summed E-state index contributed by atoms with van der Waals surface area (Å²) in [6.45, 7) is 11.8. The Hall–Kier alpha value is -1.29. The molecule has 0 radical (unpaired) electrons. The molecule has 0 spiro atoms. The molecule has 2 atom stereocenters. The molecule has 208 valence electrons. The molecule has 6 nitrogen and oxygen atoms in total. The van der Waals surface area contributed by atoms with Gasteiger partial charge in [-0.25, -0.2) is 9.37 Å². The number of rotatable bonds is 9. The first-order valence-electron chi connectivity index (χ1n) is 12.4. The Labute approximate surface area is 246 Å². The molecule has 0 saturated heterocycles. The molecule has 10 heteroatoms. The molecular weight excluding hydrogens is 627 g/mol. The number of ketones is 1. The van der Waals surface area contributed by atoms with Crippen molar-refractivity contribution < 1.29 is 14.0 Å². The summed E-state index contributed by atoms with van der Waals surface area (Å²) >= 11 is 5.99. The fourth-order valence-electron chi connectivity index (χ4n) is 4.44. The summed E-state index contributed by atoms with van der Waals surface area (Å²) in [7, 11) is 0. The summed E-state index contributed by atoms with van der Waals surface area (Å²) < 4.78 is 15.7. The molecule has 2 aromatic rings. The van der Waals surface area contributed by atoms with Crippen LogP contribution < -0.4 is 10.6 Å². The van der Waals surface area contributed by atoms with Crippen molar-refractivity contribution in [3.05, 3.63) is 46.6 Å². The van der Waals surface area contributed by atoms with Gasteiger partial charge in [0.15, 0.2) is 5.82 Å². The van der Waals surface area contributed by atoms with Crippen LogP contribution in [-0.2, 0) is 28.0 Å². The number of imidazole rings is 1. The van der Waals surface area contributed by atoms with Gasteiger partial charge >= 0.3 is 0 Å². The maximum Gasteiger partial charge on any atom is 0.242 e. The number of amides is 1. The zero-order chi connectivity index (χ0) is 26.0. The molecule has 2 N–H and O–H groups in total. The number of hydrogen-bond acceptors (Lipinski definition) is 4. The van der Waals surface area contributed by atoms with E-state index in [1.165, 1.54) is 6.07 Å². The first kappa shape index (κ1) is 33.7. The van der Waals surface area contributed by atoms with Gasteiger partial charge in [-0.2, -0.15) is 0 Å². The Morgan fingerprint density at radius 1 is 1.19 bits per heavy atom. The van der Waals surface area contributed by atoms with Crippen molar-refractivity contribution in [1.29, 1.82) is 0 Å². The Kier molecular flexibility index (Phi) is 12.5. The van der Waals surface area contributed by atoms with Gasteiger partial charge in [-0.1, -0.05) is 45.7 Å². The van der Waals surface area contributed by atoms with E-state index in [0.717, 1.165) is 30.4 Å². The lowest BCUT2D eigenvalue weighted by Gasteiger charge is -2.29. The smallest absolute Gasteiger partial charge is 0.242 e. The number of nitrogens with zero attached hydrogens (tertiary/aromatic N) is 2. The van der Waals surface area contributed by atoms with Crippen molar-refractivity contribution in [2.75, 3.05) is 5.32 Å². The number of halogens is 4. The van der Waals surface area contributed by atoms with E-state index >= 15 is 0 Å². The monoisotopic (exact) mass is 664 g/mol. The second-order valence-electron chi connectivity index (χ2n) is 11.3. The van der Waals surface area contributed by atoms with Gasteiger partial charge in [0.05, 0.1) is 17.4 Å². The summed E-state index contributed by atoms with van der Waals surface area (Å²) in [6, 6.07) is 2.96. The standard InChI is InChI=1S/C27H38ClFN4O2.2BrH/c1-7-8-22(31-19-10-9-17-13-21(29)20(28)12-18(17)11-19)25(35)32-24-15-33(16-30-24)27(5,6)14-23(34)26(2,3)4;;/h12-13,15-16,19,22,31H,7-11,14H2,1-6H3,(H,32,35);2*1H.